The van der Waals surface area contributed by atoms with Crippen molar-refractivity contribution < 1.29 is 19.0 Å². The molecule has 6 nitrogen and oxygen atoms in total. The first kappa shape index (κ1) is 18.3. The van der Waals surface area contributed by atoms with E-state index in [0.717, 1.165) is 12.3 Å². The molecule has 0 saturated heterocycles. The number of halogens is 3. The molecule has 126 valence electrons. The first-order valence-electron chi connectivity index (χ1n) is 6.49. The number of hydrogen-bond acceptors (Lipinski definition) is 7. The summed E-state index contributed by atoms with van der Waals surface area (Å²) in [5, 5.41) is 11.7. The van der Waals surface area contributed by atoms with Gasteiger partial charge in [-0.15, -0.1) is 11.3 Å². The highest BCUT2D eigenvalue weighted by Crippen LogP contribution is 2.27. The van der Waals surface area contributed by atoms with Crippen molar-refractivity contribution in [2.45, 2.75) is 6.92 Å². The number of hydrogen-bond donors (Lipinski definition) is 1. The molecular weight excluding hydrogens is 380 g/mol. The van der Waals surface area contributed by atoms with Crippen molar-refractivity contribution in [1.82, 2.24) is 9.97 Å². The average Bonchev–Trinajstić information content (AvgIpc) is 3.04. The van der Waals surface area contributed by atoms with E-state index in [0.29, 0.717) is 5.13 Å². The molecule has 1 N–H and O–H groups in total. The minimum Gasteiger partial charge on any atom is -0.506 e. The lowest BCUT2D eigenvalue weighted by molar-refractivity contribution is -0.137. The maximum absolute atomic E-state index is 13.6. The normalized spacial score (nSPS) is 12.3. The van der Waals surface area contributed by atoms with Crippen molar-refractivity contribution in [2.75, 3.05) is 6.61 Å². The fourth-order valence-corrected chi connectivity index (χ4v) is 2.47. The Morgan fingerprint density at radius 2 is 2.25 bits per heavy atom. The molecule has 0 spiro atoms. The number of nitrogens with zero attached hydrogens (tertiary/aromatic N) is 3. The first-order valence-corrected chi connectivity index (χ1v) is 8.13. The molecule has 0 amide bonds. The van der Waals surface area contributed by atoms with Crippen LogP contribution in [-0.4, -0.2) is 33.9 Å². The average molecular weight is 390 g/mol. The van der Waals surface area contributed by atoms with Crippen LogP contribution in [0.5, 0.6) is 0 Å². The maximum Gasteiger partial charge on any atom is 0.343 e. The summed E-state index contributed by atoms with van der Waals surface area (Å²) >= 11 is 12.6. The molecule has 2 rings (SSSR count). The summed E-state index contributed by atoms with van der Waals surface area (Å²) < 4.78 is 18.5. The van der Waals surface area contributed by atoms with Crippen LogP contribution in [0.4, 0.5) is 9.52 Å². The van der Waals surface area contributed by atoms with Gasteiger partial charge in [0.25, 0.3) is 0 Å². The number of rotatable bonds is 5. The Kier molecular flexibility index (Phi) is 6.24. The van der Waals surface area contributed by atoms with E-state index in [9.17, 15) is 14.3 Å². The number of aliphatic hydroxyl groups is 1. The molecule has 0 atom stereocenters. The molecule has 2 heterocycles. The molecule has 2 aromatic rings. The van der Waals surface area contributed by atoms with Gasteiger partial charge in [0.05, 0.1) is 12.2 Å². The number of aliphatic imine (C=N–C) groups is 1. The summed E-state index contributed by atoms with van der Waals surface area (Å²) in [7, 11) is 0. The van der Waals surface area contributed by atoms with Crippen molar-refractivity contribution in [2.24, 2.45) is 4.99 Å². The van der Waals surface area contributed by atoms with E-state index < -0.39 is 22.7 Å². The summed E-state index contributed by atoms with van der Waals surface area (Å²) in [6.45, 7) is 1.67. The van der Waals surface area contributed by atoms with Gasteiger partial charge in [0, 0.05) is 17.8 Å². The summed E-state index contributed by atoms with van der Waals surface area (Å²) in [5.74, 6) is -2.40. The molecule has 0 unspecified atom stereocenters. The van der Waals surface area contributed by atoms with Gasteiger partial charge in [-0.1, -0.05) is 23.2 Å². The van der Waals surface area contributed by atoms with Gasteiger partial charge in [0.15, 0.2) is 11.0 Å². The Morgan fingerprint density at radius 3 is 2.88 bits per heavy atom. The van der Waals surface area contributed by atoms with Gasteiger partial charge < -0.3 is 9.84 Å². The molecule has 0 aromatic carbocycles. The van der Waals surface area contributed by atoms with Gasteiger partial charge >= 0.3 is 5.97 Å². The zero-order valence-electron chi connectivity index (χ0n) is 12.2. The summed E-state index contributed by atoms with van der Waals surface area (Å²) in [6, 6.07) is 0.865. The van der Waals surface area contributed by atoms with E-state index in [1.807, 2.05) is 0 Å². The maximum atomic E-state index is 13.6. The van der Waals surface area contributed by atoms with Gasteiger partial charge in [0.1, 0.15) is 16.5 Å². The predicted molar refractivity (Wildman–Crippen MR) is 90.7 cm³/mol. The van der Waals surface area contributed by atoms with Crippen LogP contribution in [-0.2, 0) is 9.53 Å². The zero-order chi connectivity index (χ0) is 17.7. The number of ether oxygens (including phenoxy) is 1. The fourth-order valence-electron chi connectivity index (χ4n) is 1.58. The summed E-state index contributed by atoms with van der Waals surface area (Å²) in [4.78, 5) is 23.5. The highest BCUT2D eigenvalue weighted by atomic mass is 35.5. The Labute approximate surface area is 150 Å². The summed E-state index contributed by atoms with van der Waals surface area (Å²) in [5.41, 5.74) is -0.537. The topological polar surface area (TPSA) is 84.7 Å². The van der Waals surface area contributed by atoms with Gasteiger partial charge in [0.2, 0.25) is 5.13 Å². The van der Waals surface area contributed by atoms with Gasteiger partial charge in [-0.3, -0.25) is 0 Å². The van der Waals surface area contributed by atoms with Crippen molar-refractivity contribution in [1.29, 1.82) is 0 Å². The third kappa shape index (κ3) is 4.28. The molecular formula is C14H10Cl2FN3O3S. The van der Waals surface area contributed by atoms with Crippen LogP contribution >= 0.6 is 34.5 Å². The molecule has 0 aliphatic carbocycles. The van der Waals surface area contributed by atoms with E-state index in [4.69, 9.17) is 27.9 Å². The van der Waals surface area contributed by atoms with E-state index in [2.05, 4.69) is 15.0 Å². The summed E-state index contributed by atoms with van der Waals surface area (Å²) in [6.07, 6.45) is 2.59. The van der Waals surface area contributed by atoms with E-state index >= 15 is 0 Å². The van der Waals surface area contributed by atoms with E-state index in [1.54, 1.807) is 12.3 Å². The molecule has 0 saturated carbocycles. The first-order chi connectivity index (χ1) is 11.4. The number of carbonyl (C=O) groups is 1. The Balaban J connectivity index is 2.53. The highest BCUT2D eigenvalue weighted by molar-refractivity contribution is 7.13. The van der Waals surface area contributed by atoms with Crippen molar-refractivity contribution in [3.8, 4) is 0 Å². The van der Waals surface area contributed by atoms with Crippen molar-refractivity contribution in [3.63, 3.8) is 0 Å². The SMILES string of the molecule is CCOC(=O)C(C=Nc1nccs1)=C(O)c1cc(F)c(Cl)nc1Cl. The van der Waals surface area contributed by atoms with Crippen molar-refractivity contribution in [3.05, 3.63) is 44.9 Å². The molecule has 0 bridgehead atoms. The zero-order valence-corrected chi connectivity index (χ0v) is 14.5. The van der Waals surface area contributed by atoms with Gasteiger partial charge in [-0.05, 0) is 13.0 Å². The predicted octanol–water partition coefficient (Wildman–Crippen LogP) is 4.22. The van der Waals surface area contributed by atoms with E-state index in [1.165, 1.54) is 17.5 Å². The van der Waals surface area contributed by atoms with Crippen LogP contribution in [0.1, 0.15) is 12.5 Å². The lowest BCUT2D eigenvalue weighted by Gasteiger charge is -2.08. The molecule has 10 heteroatoms. The standard InChI is InChI=1S/C14H10Cl2FN3O3S/c1-2-23-13(22)8(6-19-14-18-3-4-24-14)10(21)7-5-9(17)12(16)20-11(7)15/h3-6,21H,2H2,1H3. The number of aromatic nitrogens is 2. The number of thiazole rings is 1. The smallest absolute Gasteiger partial charge is 0.343 e. The van der Waals surface area contributed by atoms with Crippen LogP contribution in [0.25, 0.3) is 5.76 Å². The van der Waals surface area contributed by atoms with Gasteiger partial charge in [-0.25, -0.2) is 24.1 Å². The second-order valence-electron chi connectivity index (χ2n) is 4.16. The lowest BCUT2D eigenvalue weighted by atomic mass is 10.1. The van der Waals surface area contributed by atoms with Crippen LogP contribution in [0, 0.1) is 5.82 Å². The van der Waals surface area contributed by atoms with Crippen LogP contribution < -0.4 is 0 Å². The Hall–Kier alpha value is -2.03. The molecule has 0 aliphatic heterocycles. The molecule has 0 radical (unpaired) electrons. The van der Waals surface area contributed by atoms with Gasteiger partial charge in [-0.2, -0.15) is 0 Å². The lowest BCUT2D eigenvalue weighted by Crippen LogP contribution is -2.11. The Bertz CT molecular complexity index is 810. The van der Waals surface area contributed by atoms with Crippen LogP contribution in [0.3, 0.4) is 0 Å². The minimum atomic E-state index is -0.900. The third-order valence-electron chi connectivity index (χ3n) is 2.62. The third-order valence-corrected chi connectivity index (χ3v) is 3.85. The second-order valence-corrected chi connectivity index (χ2v) is 5.74. The number of esters is 1. The molecule has 2 aromatic heterocycles. The number of carbonyl (C=O) groups excluding carboxylic acids is 1. The number of aliphatic hydroxyl groups excluding tert-OH is 1. The van der Waals surface area contributed by atoms with E-state index in [-0.39, 0.29) is 22.9 Å². The fraction of sp³-hybridized carbons (Fsp3) is 0.143. The largest absolute Gasteiger partial charge is 0.506 e. The second kappa shape index (κ2) is 8.18. The van der Waals surface area contributed by atoms with Crippen molar-refractivity contribution >= 4 is 57.6 Å². The minimum absolute atomic E-state index is 0.0711. The quantitative estimate of drug-likeness (QED) is 0.272. The number of pyridine rings is 1. The Morgan fingerprint density at radius 1 is 1.50 bits per heavy atom. The highest BCUT2D eigenvalue weighted by Gasteiger charge is 2.20. The van der Waals surface area contributed by atoms with Crippen LogP contribution in [0.15, 0.2) is 28.2 Å². The molecule has 0 fully saturated rings. The molecule has 24 heavy (non-hydrogen) atoms. The van der Waals surface area contributed by atoms with Crippen LogP contribution in [0.2, 0.25) is 10.3 Å². The monoisotopic (exact) mass is 389 g/mol. The molecule has 0 aliphatic rings.